The molecule has 2 aromatic carbocycles. The van der Waals surface area contributed by atoms with Gasteiger partial charge in [0.15, 0.2) is 11.5 Å². The fraction of sp³-hybridized carbons (Fsp3) is 0.250. The third kappa shape index (κ3) is 2.89. The second-order valence-corrected chi connectivity index (χ2v) is 5.03. The highest BCUT2D eigenvalue weighted by atomic mass is 35.5. The molecule has 20 heavy (non-hydrogen) atoms. The number of hydrogen-bond acceptors (Lipinski definition) is 3. The van der Waals surface area contributed by atoms with Crippen LogP contribution in [0.15, 0.2) is 36.4 Å². The van der Waals surface area contributed by atoms with Gasteiger partial charge in [-0.25, -0.2) is 0 Å². The first-order valence-corrected chi connectivity index (χ1v) is 6.68. The van der Waals surface area contributed by atoms with Crippen molar-refractivity contribution in [3.63, 3.8) is 0 Å². The van der Waals surface area contributed by atoms with E-state index in [1.54, 1.807) is 14.2 Å². The molecule has 0 aliphatic rings. The summed E-state index contributed by atoms with van der Waals surface area (Å²) < 4.78 is 10.6. The van der Waals surface area contributed by atoms with Crippen LogP contribution in [0.2, 0.25) is 5.02 Å². The molecule has 0 bridgehead atoms. The maximum absolute atomic E-state index is 6.35. The predicted molar refractivity (Wildman–Crippen MR) is 81.8 cm³/mol. The predicted octanol–water partition coefficient (Wildman–Crippen LogP) is 3.71. The van der Waals surface area contributed by atoms with Crippen LogP contribution in [0.25, 0.3) is 0 Å². The van der Waals surface area contributed by atoms with Crippen molar-refractivity contribution in [2.24, 2.45) is 5.73 Å². The van der Waals surface area contributed by atoms with E-state index < -0.39 is 0 Å². The van der Waals surface area contributed by atoms with Crippen LogP contribution in [0.4, 0.5) is 0 Å². The van der Waals surface area contributed by atoms with Gasteiger partial charge in [-0.05, 0) is 47.9 Å². The Hall–Kier alpha value is -1.71. The zero-order valence-electron chi connectivity index (χ0n) is 11.8. The van der Waals surface area contributed by atoms with Gasteiger partial charge in [-0.3, -0.25) is 0 Å². The van der Waals surface area contributed by atoms with E-state index in [1.165, 1.54) is 0 Å². The van der Waals surface area contributed by atoms with Gasteiger partial charge < -0.3 is 15.2 Å². The van der Waals surface area contributed by atoms with Crippen molar-refractivity contribution < 1.29 is 9.47 Å². The van der Waals surface area contributed by atoms with Crippen molar-refractivity contribution in [3.8, 4) is 11.5 Å². The van der Waals surface area contributed by atoms with Gasteiger partial charge in [0.05, 0.1) is 20.3 Å². The minimum Gasteiger partial charge on any atom is -0.493 e. The highest BCUT2D eigenvalue weighted by Crippen LogP contribution is 2.34. The number of methoxy groups -OCH3 is 2. The number of hydrogen-bond donors (Lipinski definition) is 1. The van der Waals surface area contributed by atoms with Crippen LogP contribution < -0.4 is 15.2 Å². The lowest BCUT2D eigenvalue weighted by Gasteiger charge is -2.18. The van der Waals surface area contributed by atoms with E-state index in [1.807, 2.05) is 43.3 Å². The highest BCUT2D eigenvalue weighted by Gasteiger charge is 2.16. The van der Waals surface area contributed by atoms with Gasteiger partial charge >= 0.3 is 0 Å². The molecule has 4 heteroatoms. The molecule has 0 aromatic heterocycles. The molecule has 0 saturated carbocycles. The quantitative estimate of drug-likeness (QED) is 0.934. The molecular weight excluding hydrogens is 274 g/mol. The van der Waals surface area contributed by atoms with Gasteiger partial charge in [-0.15, -0.1) is 0 Å². The van der Waals surface area contributed by atoms with E-state index in [9.17, 15) is 0 Å². The second kappa shape index (κ2) is 6.16. The van der Waals surface area contributed by atoms with Crippen molar-refractivity contribution in [2.75, 3.05) is 14.2 Å². The summed E-state index contributed by atoms with van der Waals surface area (Å²) in [7, 11) is 3.23. The SMILES string of the molecule is COc1cc(C)c(C(N)c2cccc(Cl)c2)cc1OC. The van der Waals surface area contributed by atoms with E-state index in [0.717, 1.165) is 16.7 Å². The molecule has 0 heterocycles. The maximum Gasteiger partial charge on any atom is 0.161 e. The van der Waals surface area contributed by atoms with Crippen molar-refractivity contribution >= 4 is 11.6 Å². The van der Waals surface area contributed by atoms with Gasteiger partial charge in [0, 0.05) is 5.02 Å². The van der Waals surface area contributed by atoms with Crippen molar-refractivity contribution in [1.29, 1.82) is 0 Å². The number of aryl methyl sites for hydroxylation is 1. The van der Waals surface area contributed by atoms with Crippen LogP contribution in [-0.2, 0) is 0 Å². The Morgan fingerprint density at radius 3 is 2.30 bits per heavy atom. The minimum atomic E-state index is -0.256. The number of nitrogens with two attached hydrogens (primary N) is 1. The monoisotopic (exact) mass is 291 g/mol. The van der Waals surface area contributed by atoms with Gasteiger partial charge in [0.2, 0.25) is 0 Å². The first kappa shape index (κ1) is 14.7. The fourth-order valence-electron chi connectivity index (χ4n) is 2.21. The highest BCUT2D eigenvalue weighted by molar-refractivity contribution is 6.30. The minimum absolute atomic E-state index is 0.256. The lowest BCUT2D eigenvalue weighted by atomic mass is 9.95. The Morgan fingerprint density at radius 1 is 1.05 bits per heavy atom. The molecule has 0 spiro atoms. The summed E-state index contributed by atoms with van der Waals surface area (Å²) >= 11 is 6.02. The molecule has 2 N–H and O–H groups in total. The van der Waals surface area contributed by atoms with Crippen molar-refractivity contribution in [3.05, 3.63) is 58.1 Å². The van der Waals surface area contributed by atoms with E-state index in [0.29, 0.717) is 16.5 Å². The molecule has 2 aromatic rings. The Balaban J connectivity index is 2.46. The van der Waals surface area contributed by atoms with Crippen LogP contribution in [0.5, 0.6) is 11.5 Å². The Labute approximate surface area is 124 Å². The summed E-state index contributed by atoms with van der Waals surface area (Å²) in [5, 5.41) is 0.677. The zero-order chi connectivity index (χ0) is 14.7. The molecule has 1 unspecified atom stereocenters. The third-order valence-electron chi connectivity index (χ3n) is 3.32. The largest absolute Gasteiger partial charge is 0.493 e. The van der Waals surface area contributed by atoms with Crippen LogP contribution >= 0.6 is 11.6 Å². The van der Waals surface area contributed by atoms with Crippen LogP contribution in [0, 0.1) is 6.92 Å². The summed E-state index contributed by atoms with van der Waals surface area (Å²) in [5.74, 6) is 1.37. The molecule has 0 saturated heterocycles. The summed E-state index contributed by atoms with van der Waals surface area (Å²) in [5.41, 5.74) is 9.35. The summed E-state index contributed by atoms with van der Waals surface area (Å²) in [6.07, 6.45) is 0. The Bertz CT molecular complexity index is 613. The third-order valence-corrected chi connectivity index (χ3v) is 3.55. The molecule has 0 amide bonds. The summed E-state index contributed by atoms with van der Waals surface area (Å²) in [4.78, 5) is 0. The van der Waals surface area contributed by atoms with Crippen molar-refractivity contribution in [2.45, 2.75) is 13.0 Å². The molecule has 0 aliphatic heterocycles. The first-order valence-electron chi connectivity index (χ1n) is 6.30. The molecule has 0 aliphatic carbocycles. The average Bonchev–Trinajstić information content (AvgIpc) is 2.46. The number of ether oxygens (including phenoxy) is 2. The molecular formula is C16H18ClNO2. The smallest absolute Gasteiger partial charge is 0.161 e. The molecule has 1 atom stereocenters. The lowest BCUT2D eigenvalue weighted by molar-refractivity contribution is 0.354. The van der Waals surface area contributed by atoms with Gasteiger partial charge in [0.1, 0.15) is 0 Å². The Kier molecular flexibility index (Phi) is 4.53. The lowest BCUT2D eigenvalue weighted by Crippen LogP contribution is -2.13. The van der Waals surface area contributed by atoms with E-state index in [-0.39, 0.29) is 6.04 Å². The molecule has 3 nitrogen and oxygen atoms in total. The topological polar surface area (TPSA) is 44.5 Å². The normalized spacial score (nSPS) is 12.1. The second-order valence-electron chi connectivity index (χ2n) is 4.60. The van der Waals surface area contributed by atoms with Crippen molar-refractivity contribution in [1.82, 2.24) is 0 Å². The number of benzene rings is 2. The van der Waals surface area contributed by atoms with Crippen LogP contribution in [-0.4, -0.2) is 14.2 Å². The first-order chi connectivity index (χ1) is 9.56. The molecule has 106 valence electrons. The van der Waals surface area contributed by atoms with Crippen LogP contribution in [0.1, 0.15) is 22.7 Å². The van der Waals surface area contributed by atoms with Gasteiger partial charge in [0.25, 0.3) is 0 Å². The summed E-state index contributed by atoms with van der Waals surface area (Å²) in [6, 6.07) is 11.2. The van der Waals surface area contributed by atoms with Crippen LogP contribution in [0.3, 0.4) is 0 Å². The molecule has 0 fully saturated rings. The van der Waals surface area contributed by atoms with E-state index >= 15 is 0 Å². The van der Waals surface area contributed by atoms with Gasteiger partial charge in [-0.2, -0.15) is 0 Å². The van der Waals surface area contributed by atoms with E-state index in [4.69, 9.17) is 26.8 Å². The average molecular weight is 292 g/mol. The maximum atomic E-state index is 6.35. The summed E-state index contributed by atoms with van der Waals surface area (Å²) in [6.45, 7) is 2.00. The fourth-order valence-corrected chi connectivity index (χ4v) is 2.41. The molecule has 2 rings (SSSR count). The number of rotatable bonds is 4. The van der Waals surface area contributed by atoms with E-state index in [2.05, 4.69) is 0 Å². The van der Waals surface area contributed by atoms with Gasteiger partial charge in [-0.1, -0.05) is 23.7 Å². The Morgan fingerprint density at radius 2 is 1.70 bits per heavy atom. The standard InChI is InChI=1S/C16H18ClNO2/c1-10-7-14(19-2)15(20-3)9-13(10)16(18)11-5-4-6-12(17)8-11/h4-9,16H,18H2,1-3H3. The molecule has 0 radical (unpaired) electrons. The number of halogens is 1. The zero-order valence-corrected chi connectivity index (χ0v) is 12.6.